The van der Waals surface area contributed by atoms with E-state index in [-0.39, 0.29) is 0 Å². The van der Waals surface area contributed by atoms with Gasteiger partial charge in [0.25, 0.3) is 0 Å². The van der Waals surface area contributed by atoms with E-state index in [1.165, 1.54) is 10.4 Å². The Bertz CT molecular complexity index is 485. The second kappa shape index (κ2) is 4.61. The molecule has 16 heavy (non-hydrogen) atoms. The van der Waals surface area contributed by atoms with Crippen molar-refractivity contribution in [2.45, 2.75) is 25.9 Å². The third-order valence-corrected chi connectivity index (χ3v) is 5.39. The van der Waals surface area contributed by atoms with Gasteiger partial charge in [-0.05, 0) is 58.9 Å². The molecule has 0 aromatic carbocycles. The van der Waals surface area contributed by atoms with Crippen molar-refractivity contribution in [2.75, 3.05) is 0 Å². The first-order chi connectivity index (χ1) is 7.49. The quantitative estimate of drug-likeness (QED) is 0.893. The van der Waals surface area contributed by atoms with Crippen LogP contribution in [0.1, 0.15) is 22.2 Å². The normalized spacial score (nSPS) is 15.0. The lowest BCUT2D eigenvalue weighted by molar-refractivity contribution is 0.0618. The van der Waals surface area contributed by atoms with Crippen molar-refractivity contribution in [1.29, 1.82) is 0 Å². The molecule has 0 spiro atoms. The molecule has 0 amide bonds. The van der Waals surface area contributed by atoms with Crippen molar-refractivity contribution in [3.63, 3.8) is 0 Å². The van der Waals surface area contributed by atoms with E-state index in [4.69, 9.17) is 0 Å². The Morgan fingerprint density at radius 3 is 2.62 bits per heavy atom. The zero-order valence-electron chi connectivity index (χ0n) is 9.16. The topological polar surface area (TPSA) is 20.2 Å². The minimum absolute atomic E-state index is 0.671. The van der Waals surface area contributed by atoms with Gasteiger partial charge in [0.1, 0.15) is 5.60 Å². The molecule has 0 bridgehead atoms. The van der Waals surface area contributed by atoms with Crippen molar-refractivity contribution >= 4 is 38.6 Å². The van der Waals surface area contributed by atoms with Crippen LogP contribution in [0.15, 0.2) is 27.4 Å². The molecule has 2 heterocycles. The number of thiophene rings is 2. The first-order valence-corrected chi connectivity index (χ1v) is 7.49. The van der Waals surface area contributed by atoms with Gasteiger partial charge in [-0.15, -0.1) is 22.7 Å². The van der Waals surface area contributed by atoms with E-state index in [0.29, 0.717) is 6.42 Å². The van der Waals surface area contributed by atoms with Crippen LogP contribution in [0.25, 0.3) is 0 Å². The van der Waals surface area contributed by atoms with Crippen LogP contribution in [0.3, 0.4) is 0 Å². The highest BCUT2D eigenvalue weighted by Gasteiger charge is 2.27. The lowest BCUT2D eigenvalue weighted by Gasteiger charge is -2.22. The van der Waals surface area contributed by atoms with Gasteiger partial charge in [0, 0.05) is 16.2 Å². The summed E-state index contributed by atoms with van der Waals surface area (Å²) in [7, 11) is 0. The molecule has 2 aromatic heterocycles. The molecule has 0 saturated heterocycles. The van der Waals surface area contributed by atoms with Gasteiger partial charge < -0.3 is 5.11 Å². The standard InChI is InChI=1S/C12H13BrOS2/c1-8-5-6-15-11(8)12(2,14)7-9-3-4-10(13)16-9/h3-6,14H,7H2,1-2H3. The van der Waals surface area contributed by atoms with Crippen LogP contribution >= 0.6 is 38.6 Å². The predicted molar refractivity (Wildman–Crippen MR) is 74.3 cm³/mol. The highest BCUT2D eigenvalue weighted by Crippen LogP contribution is 2.34. The molecule has 86 valence electrons. The average molecular weight is 317 g/mol. The molecule has 1 N–H and O–H groups in total. The maximum absolute atomic E-state index is 10.5. The Balaban J connectivity index is 2.23. The van der Waals surface area contributed by atoms with Crippen molar-refractivity contribution in [2.24, 2.45) is 0 Å². The molecule has 4 heteroatoms. The fourth-order valence-electron chi connectivity index (χ4n) is 1.79. The van der Waals surface area contributed by atoms with Gasteiger partial charge in [-0.2, -0.15) is 0 Å². The molecular weight excluding hydrogens is 304 g/mol. The smallest absolute Gasteiger partial charge is 0.101 e. The maximum Gasteiger partial charge on any atom is 0.101 e. The summed E-state index contributed by atoms with van der Waals surface area (Å²) in [4.78, 5) is 2.27. The summed E-state index contributed by atoms with van der Waals surface area (Å²) >= 11 is 6.75. The second-order valence-corrected chi connectivity index (χ2v) is 7.55. The largest absolute Gasteiger partial charge is 0.384 e. The highest BCUT2D eigenvalue weighted by atomic mass is 79.9. The summed E-state index contributed by atoms with van der Waals surface area (Å²) in [6.45, 7) is 3.93. The monoisotopic (exact) mass is 316 g/mol. The maximum atomic E-state index is 10.5. The summed E-state index contributed by atoms with van der Waals surface area (Å²) in [6, 6.07) is 6.14. The molecule has 2 rings (SSSR count). The molecule has 0 aliphatic carbocycles. The predicted octanol–water partition coefficient (Wildman–Crippen LogP) is 4.33. The molecule has 0 aliphatic rings. The summed E-state index contributed by atoms with van der Waals surface area (Å²) in [5, 5.41) is 12.6. The number of halogens is 1. The second-order valence-electron chi connectivity index (χ2n) is 4.09. The Kier molecular flexibility index (Phi) is 3.54. The number of aliphatic hydroxyl groups is 1. The zero-order chi connectivity index (χ0) is 11.8. The van der Waals surface area contributed by atoms with E-state index in [0.717, 1.165) is 8.66 Å². The molecular formula is C12H13BrOS2. The van der Waals surface area contributed by atoms with Gasteiger partial charge in [0.05, 0.1) is 3.79 Å². The van der Waals surface area contributed by atoms with Crippen molar-refractivity contribution in [3.8, 4) is 0 Å². The minimum Gasteiger partial charge on any atom is -0.384 e. The van der Waals surface area contributed by atoms with E-state index in [1.807, 2.05) is 25.3 Å². The summed E-state index contributed by atoms with van der Waals surface area (Å²) in [5.74, 6) is 0. The number of hydrogen-bond donors (Lipinski definition) is 1. The van der Waals surface area contributed by atoms with Crippen LogP contribution < -0.4 is 0 Å². The van der Waals surface area contributed by atoms with Gasteiger partial charge in [-0.25, -0.2) is 0 Å². The van der Waals surface area contributed by atoms with E-state index in [9.17, 15) is 5.11 Å². The number of rotatable bonds is 3. The fourth-order valence-corrected chi connectivity index (χ4v) is 4.41. The van der Waals surface area contributed by atoms with Crippen LogP contribution in [0.4, 0.5) is 0 Å². The first kappa shape index (κ1) is 12.3. The van der Waals surface area contributed by atoms with E-state index in [1.54, 1.807) is 22.7 Å². The molecule has 0 radical (unpaired) electrons. The molecule has 1 atom stereocenters. The van der Waals surface area contributed by atoms with Crippen LogP contribution in [0.2, 0.25) is 0 Å². The molecule has 0 aliphatic heterocycles. The Labute approximate surface area is 112 Å². The van der Waals surface area contributed by atoms with Gasteiger partial charge in [0.15, 0.2) is 0 Å². The van der Waals surface area contributed by atoms with Crippen molar-refractivity contribution in [1.82, 2.24) is 0 Å². The first-order valence-electron chi connectivity index (χ1n) is 5.00. The summed E-state index contributed by atoms with van der Waals surface area (Å²) in [6.07, 6.45) is 0.671. The molecule has 2 aromatic rings. The van der Waals surface area contributed by atoms with Crippen molar-refractivity contribution < 1.29 is 5.11 Å². The summed E-state index contributed by atoms with van der Waals surface area (Å²) in [5.41, 5.74) is 0.411. The highest BCUT2D eigenvalue weighted by molar-refractivity contribution is 9.11. The van der Waals surface area contributed by atoms with Crippen LogP contribution in [0, 0.1) is 6.92 Å². The Morgan fingerprint density at radius 2 is 2.12 bits per heavy atom. The van der Waals surface area contributed by atoms with Gasteiger partial charge in [-0.3, -0.25) is 0 Å². The van der Waals surface area contributed by atoms with Crippen LogP contribution in [0.5, 0.6) is 0 Å². The van der Waals surface area contributed by atoms with Crippen molar-refractivity contribution in [3.05, 3.63) is 42.7 Å². The third kappa shape index (κ3) is 2.56. The molecule has 1 unspecified atom stereocenters. The van der Waals surface area contributed by atoms with Gasteiger partial charge in [0.2, 0.25) is 0 Å². The third-order valence-electron chi connectivity index (χ3n) is 2.50. The molecule has 0 fully saturated rings. The lowest BCUT2D eigenvalue weighted by atomic mass is 9.97. The van der Waals surface area contributed by atoms with Gasteiger partial charge >= 0.3 is 0 Å². The van der Waals surface area contributed by atoms with Crippen LogP contribution in [-0.2, 0) is 12.0 Å². The Morgan fingerprint density at radius 1 is 1.38 bits per heavy atom. The molecule has 0 saturated carbocycles. The lowest BCUT2D eigenvalue weighted by Crippen LogP contribution is -2.23. The Hall–Kier alpha value is -0.160. The van der Waals surface area contributed by atoms with Gasteiger partial charge in [-0.1, -0.05) is 0 Å². The SMILES string of the molecule is Cc1ccsc1C(C)(O)Cc1ccc(Br)s1. The van der Waals surface area contributed by atoms with E-state index in [2.05, 4.69) is 28.1 Å². The fraction of sp³-hybridized carbons (Fsp3) is 0.333. The summed E-state index contributed by atoms with van der Waals surface area (Å²) < 4.78 is 1.11. The zero-order valence-corrected chi connectivity index (χ0v) is 12.4. The molecule has 1 nitrogen and oxygen atoms in total. The van der Waals surface area contributed by atoms with E-state index >= 15 is 0 Å². The number of hydrogen-bond acceptors (Lipinski definition) is 3. The van der Waals surface area contributed by atoms with Crippen LogP contribution in [-0.4, -0.2) is 5.11 Å². The van der Waals surface area contributed by atoms with E-state index < -0.39 is 5.60 Å². The number of aryl methyl sites for hydroxylation is 1. The minimum atomic E-state index is -0.761. The average Bonchev–Trinajstić information content (AvgIpc) is 2.74.